The Morgan fingerprint density at radius 1 is 1.03 bits per heavy atom. The summed E-state index contributed by atoms with van der Waals surface area (Å²) < 4.78 is 11.3. The number of benzene rings is 3. The molecular formula is C28H25N3O6. The number of aryl methyl sites for hydroxylation is 1. The van der Waals surface area contributed by atoms with Crippen LogP contribution in [0.25, 0.3) is 6.08 Å². The number of hydrogen-bond donors (Lipinski definition) is 2. The van der Waals surface area contributed by atoms with Crippen LogP contribution in [0.4, 0.5) is 16.2 Å². The largest absolute Gasteiger partial charge is 0.496 e. The van der Waals surface area contributed by atoms with E-state index in [4.69, 9.17) is 9.47 Å². The minimum atomic E-state index is -0.800. The smallest absolute Gasteiger partial charge is 0.335 e. The molecule has 9 nitrogen and oxygen atoms in total. The fraction of sp³-hybridized carbons (Fsp3) is 0.143. The Bertz CT molecular complexity index is 1410. The molecule has 0 aliphatic carbocycles. The van der Waals surface area contributed by atoms with Crippen molar-refractivity contribution >= 4 is 41.2 Å². The highest BCUT2D eigenvalue weighted by Crippen LogP contribution is 2.26. The maximum Gasteiger partial charge on any atom is 0.335 e. The average molecular weight is 500 g/mol. The molecule has 0 spiro atoms. The Labute approximate surface area is 213 Å². The van der Waals surface area contributed by atoms with Crippen molar-refractivity contribution in [3.05, 3.63) is 89.0 Å². The van der Waals surface area contributed by atoms with Crippen LogP contribution in [0.2, 0.25) is 0 Å². The number of hydrogen-bond acceptors (Lipinski definition) is 6. The third kappa shape index (κ3) is 5.84. The standard InChI is InChI=1S/C28H25N3O6/c1-17-5-4-6-22(13-17)31-27(34)24(26(33)30-28(31)35)15-19-7-12-25(36-3)20(14-19)16-37-23-10-8-21(9-11-23)29-18(2)32/h4-15H,16H2,1-3H3,(H,29,32)(H,30,33,35)/b24-15+. The summed E-state index contributed by atoms with van der Waals surface area (Å²) in [6, 6.07) is 18.1. The van der Waals surface area contributed by atoms with Gasteiger partial charge in [0, 0.05) is 18.2 Å². The minimum Gasteiger partial charge on any atom is -0.496 e. The van der Waals surface area contributed by atoms with Gasteiger partial charge in [0.15, 0.2) is 0 Å². The monoisotopic (exact) mass is 499 g/mol. The van der Waals surface area contributed by atoms with Gasteiger partial charge in [-0.05, 0) is 72.7 Å². The Balaban J connectivity index is 1.57. The first-order valence-electron chi connectivity index (χ1n) is 11.4. The zero-order valence-electron chi connectivity index (χ0n) is 20.5. The molecule has 2 N–H and O–H groups in total. The molecule has 1 aliphatic heterocycles. The summed E-state index contributed by atoms with van der Waals surface area (Å²) in [5.41, 5.74) is 2.95. The number of anilines is 2. The molecular weight excluding hydrogens is 474 g/mol. The van der Waals surface area contributed by atoms with Gasteiger partial charge < -0.3 is 14.8 Å². The van der Waals surface area contributed by atoms with Crippen molar-refractivity contribution in [3.8, 4) is 11.5 Å². The fourth-order valence-corrected chi connectivity index (χ4v) is 3.83. The number of barbiturate groups is 1. The van der Waals surface area contributed by atoms with E-state index >= 15 is 0 Å². The molecule has 1 fully saturated rings. The molecule has 4 rings (SSSR count). The Morgan fingerprint density at radius 3 is 2.46 bits per heavy atom. The summed E-state index contributed by atoms with van der Waals surface area (Å²) in [4.78, 5) is 50.3. The van der Waals surface area contributed by atoms with E-state index in [9.17, 15) is 19.2 Å². The van der Waals surface area contributed by atoms with E-state index in [0.717, 1.165) is 10.5 Å². The number of nitrogens with zero attached hydrogens (tertiary/aromatic N) is 1. The lowest BCUT2D eigenvalue weighted by Gasteiger charge is -2.26. The number of methoxy groups -OCH3 is 1. The van der Waals surface area contributed by atoms with E-state index < -0.39 is 17.8 Å². The van der Waals surface area contributed by atoms with Crippen molar-refractivity contribution in [1.82, 2.24) is 5.32 Å². The topological polar surface area (TPSA) is 114 Å². The molecule has 0 bridgehead atoms. The van der Waals surface area contributed by atoms with Crippen LogP contribution in [0.5, 0.6) is 11.5 Å². The van der Waals surface area contributed by atoms with Gasteiger partial charge >= 0.3 is 6.03 Å². The molecule has 1 aliphatic rings. The molecule has 9 heteroatoms. The Kier molecular flexibility index (Phi) is 7.34. The molecule has 0 unspecified atom stereocenters. The highest BCUT2D eigenvalue weighted by atomic mass is 16.5. The lowest BCUT2D eigenvalue weighted by atomic mass is 10.0. The van der Waals surface area contributed by atoms with Gasteiger partial charge in [0.05, 0.1) is 12.8 Å². The summed E-state index contributed by atoms with van der Waals surface area (Å²) >= 11 is 0. The molecule has 0 saturated carbocycles. The van der Waals surface area contributed by atoms with Crippen LogP contribution in [0, 0.1) is 6.92 Å². The molecule has 0 atom stereocenters. The number of imide groups is 2. The van der Waals surface area contributed by atoms with Gasteiger partial charge in [0.25, 0.3) is 11.8 Å². The van der Waals surface area contributed by atoms with Crippen LogP contribution >= 0.6 is 0 Å². The molecule has 5 amide bonds. The highest BCUT2D eigenvalue weighted by molar-refractivity contribution is 6.39. The van der Waals surface area contributed by atoms with Gasteiger partial charge in [0.2, 0.25) is 5.91 Å². The summed E-state index contributed by atoms with van der Waals surface area (Å²) in [6.45, 7) is 3.42. The second-order valence-electron chi connectivity index (χ2n) is 8.36. The first kappa shape index (κ1) is 25.2. The first-order chi connectivity index (χ1) is 17.7. The molecule has 1 saturated heterocycles. The van der Waals surface area contributed by atoms with Crippen molar-refractivity contribution in [2.45, 2.75) is 20.5 Å². The number of rotatable bonds is 7. The Morgan fingerprint density at radius 2 is 1.78 bits per heavy atom. The van der Waals surface area contributed by atoms with Gasteiger partial charge in [-0.25, -0.2) is 9.69 Å². The normalized spacial score (nSPS) is 14.4. The summed E-state index contributed by atoms with van der Waals surface area (Å²) in [6.07, 6.45) is 1.43. The van der Waals surface area contributed by atoms with Gasteiger partial charge in [-0.15, -0.1) is 0 Å². The molecule has 3 aromatic carbocycles. The van der Waals surface area contributed by atoms with Gasteiger partial charge in [-0.2, -0.15) is 0 Å². The highest BCUT2D eigenvalue weighted by Gasteiger charge is 2.36. The maximum atomic E-state index is 13.2. The van der Waals surface area contributed by atoms with Crippen molar-refractivity contribution in [3.63, 3.8) is 0 Å². The Hall–Kier alpha value is -4.92. The van der Waals surface area contributed by atoms with Crippen LogP contribution in [0.1, 0.15) is 23.6 Å². The summed E-state index contributed by atoms with van der Waals surface area (Å²) in [7, 11) is 1.53. The number of amides is 5. The maximum absolute atomic E-state index is 13.2. The van der Waals surface area contributed by atoms with Crippen LogP contribution in [-0.2, 0) is 21.0 Å². The van der Waals surface area contributed by atoms with E-state index in [1.165, 1.54) is 20.1 Å². The van der Waals surface area contributed by atoms with E-state index in [1.807, 2.05) is 13.0 Å². The van der Waals surface area contributed by atoms with E-state index in [-0.39, 0.29) is 18.1 Å². The quantitative estimate of drug-likeness (QED) is 0.372. The minimum absolute atomic E-state index is 0.147. The van der Waals surface area contributed by atoms with Crippen molar-refractivity contribution in [1.29, 1.82) is 0 Å². The lowest BCUT2D eigenvalue weighted by Crippen LogP contribution is -2.54. The van der Waals surface area contributed by atoms with E-state index in [1.54, 1.807) is 60.7 Å². The average Bonchev–Trinajstić information content (AvgIpc) is 2.86. The number of nitrogens with one attached hydrogen (secondary N) is 2. The second-order valence-corrected chi connectivity index (χ2v) is 8.36. The molecule has 0 radical (unpaired) electrons. The molecule has 0 aromatic heterocycles. The van der Waals surface area contributed by atoms with Crippen LogP contribution in [-0.4, -0.2) is 30.9 Å². The second kappa shape index (κ2) is 10.8. The molecule has 188 valence electrons. The predicted octanol–water partition coefficient (Wildman–Crippen LogP) is 4.21. The molecule has 37 heavy (non-hydrogen) atoms. The van der Waals surface area contributed by atoms with E-state index in [2.05, 4.69) is 10.6 Å². The molecule has 1 heterocycles. The van der Waals surface area contributed by atoms with Crippen molar-refractivity contribution < 1.29 is 28.7 Å². The SMILES string of the molecule is COc1ccc(/C=C2\C(=O)NC(=O)N(c3cccc(C)c3)C2=O)cc1COc1ccc(NC(C)=O)cc1. The first-order valence-corrected chi connectivity index (χ1v) is 11.4. The zero-order valence-corrected chi connectivity index (χ0v) is 20.5. The number of ether oxygens (including phenoxy) is 2. The lowest BCUT2D eigenvalue weighted by molar-refractivity contribution is -0.122. The van der Waals surface area contributed by atoms with Gasteiger partial charge in [-0.1, -0.05) is 18.2 Å². The van der Waals surface area contributed by atoms with Crippen LogP contribution in [0.15, 0.2) is 72.3 Å². The van der Waals surface area contributed by atoms with E-state index in [0.29, 0.717) is 34.0 Å². The number of carbonyl (C=O) groups is 4. The predicted molar refractivity (Wildman–Crippen MR) is 138 cm³/mol. The third-order valence-electron chi connectivity index (χ3n) is 5.55. The summed E-state index contributed by atoms with van der Waals surface area (Å²) in [5.74, 6) is -0.512. The number of carbonyl (C=O) groups excluding carboxylic acids is 4. The van der Waals surface area contributed by atoms with Crippen molar-refractivity contribution in [2.75, 3.05) is 17.3 Å². The number of urea groups is 1. The van der Waals surface area contributed by atoms with Crippen LogP contribution in [0.3, 0.4) is 0 Å². The van der Waals surface area contributed by atoms with Crippen LogP contribution < -0.4 is 25.0 Å². The third-order valence-corrected chi connectivity index (χ3v) is 5.55. The van der Waals surface area contributed by atoms with Crippen molar-refractivity contribution in [2.24, 2.45) is 0 Å². The molecule has 3 aromatic rings. The zero-order chi connectivity index (χ0) is 26.5. The van der Waals surface area contributed by atoms with Gasteiger partial charge in [0.1, 0.15) is 23.7 Å². The summed E-state index contributed by atoms with van der Waals surface area (Å²) in [5, 5.41) is 4.92. The fourth-order valence-electron chi connectivity index (χ4n) is 3.83. The van der Waals surface area contributed by atoms with Gasteiger partial charge in [-0.3, -0.25) is 19.7 Å².